The minimum atomic E-state index is 0.240. The summed E-state index contributed by atoms with van der Waals surface area (Å²) >= 11 is 0. The van der Waals surface area contributed by atoms with Crippen LogP contribution in [0.5, 0.6) is 5.75 Å². The first-order valence-electron chi connectivity index (χ1n) is 5.81. The molecule has 3 rings (SSSR count). The number of rotatable bonds is 2. The number of nitrogens with zero attached hydrogens (tertiary/aromatic N) is 2. The molecule has 3 aromatic rings. The average Bonchev–Trinajstić information content (AvgIpc) is 2.85. The van der Waals surface area contributed by atoms with Gasteiger partial charge in [-0.3, -0.25) is 0 Å². The second-order valence-corrected chi connectivity index (χ2v) is 4.04. The fraction of sp³-hybridized carbons (Fsp3) is 0.143. The minimum Gasteiger partial charge on any atom is -0.507 e. The number of benzene rings is 1. The third-order valence-corrected chi connectivity index (χ3v) is 2.96. The molecule has 0 aliphatic carbocycles. The lowest BCUT2D eigenvalue weighted by molar-refractivity contribution is 0.476. The van der Waals surface area contributed by atoms with E-state index in [4.69, 9.17) is 4.42 Å². The van der Waals surface area contributed by atoms with E-state index in [1.54, 1.807) is 6.07 Å². The molecule has 0 saturated heterocycles. The van der Waals surface area contributed by atoms with E-state index in [2.05, 4.69) is 9.97 Å². The second kappa shape index (κ2) is 4.14. The molecule has 1 N–H and O–H groups in total. The maximum atomic E-state index is 10.0. The Hall–Kier alpha value is -2.36. The molecule has 4 heteroatoms. The number of phenols is 1. The number of pyridine rings is 1. The molecule has 0 aliphatic rings. The highest BCUT2D eigenvalue weighted by atomic mass is 16.3. The highest BCUT2D eigenvalue weighted by molar-refractivity contribution is 5.77. The highest BCUT2D eigenvalue weighted by Gasteiger charge is 2.12. The summed E-state index contributed by atoms with van der Waals surface area (Å²) in [6, 6.07) is 9.15. The summed E-state index contributed by atoms with van der Waals surface area (Å²) in [7, 11) is 0. The van der Waals surface area contributed by atoms with Crippen LogP contribution in [0, 0.1) is 0 Å². The van der Waals surface area contributed by atoms with E-state index in [1.165, 1.54) is 6.39 Å². The van der Waals surface area contributed by atoms with Crippen molar-refractivity contribution in [2.45, 2.75) is 13.3 Å². The fourth-order valence-electron chi connectivity index (χ4n) is 2.07. The van der Waals surface area contributed by atoms with Crippen molar-refractivity contribution in [1.29, 1.82) is 0 Å². The lowest BCUT2D eigenvalue weighted by Gasteiger charge is -2.09. The predicted molar refractivity (Wildman–Crippen MR) is 68.3 cm³/mol. The van der Waals surface area contributed by atoms with E-state index >= 15 is 0 Å². The van der Waals surface area contributed by atoms with Crippen LogP contribution in [-0.2, 0) is 6.42 Å². The van der Waals surface area contributed by atoms with Crippen LogP contribution in [0.1, 0.15) is 12.5 Å². The van der Waals surface area contributed by atoms with Gasteiger partial charge < -0.3 is 9.52 Å². The Labute approximate surface area is 104 Å². The van der Waals surface area contributed by atoms with Crippen LogP contribution in [0.3, 0.4) is 0 Å². The number of oxazole rings is 1. The van der Waals surface area contributed by atoms with Gasteiger partial charge in [0, 0.05) is 5.56 Å². The van der Waals surface area contributed by atoms with Gasteiger partial charge in [0.15, 0.2) is 17.6 Å². The zero-order valence-corrected chi connectivity index (χ0v) is 9.92. The number of hydrogen-bond acceptors (Lipinski definition) is 4. The topological polar surface area (TPSA) is 59.2 Å². The summed E-state index contributed by atoms with van der Waals surface area (Å²) in [6.45, 7) is 2.05. The van der Waals surface area contributed by atoms with Gasteiger partial charge in [-0.25, -0.2) is 4.98 Å². The molecule has 0 saturated carbocycles. The quantitative estimate of drug-likeness (QED) is 0.747. The van der Waals surface area contributed by atoms with Crippen LogP contribution >= 0.6 is 0 Å². The molecule has 1 aromatic carbocycles. The molecule has 0 unspecified atom stereocenters. The molecule has 0 fully saturated rings. The molecule has 0 aliphatic heterocycles. The van der Waals surface area contributed by atoms with Crippen molar-refractivity contribution in [2.24, 2.45) is 0 Å². The van der Waals surface area contributed by atoms with E-state index in [-0.39, 0.29) is 5.75 Å². The van der Waals surface area contributed by atoms with Crippen molar-refractivity contribution in [1.82, 2.24) is 9.97 Å². The summed E-state index contributed by atoms with van der Waals surface area (Å²) < 4.78 is 5.16. The Kier molecular flexibility index (Phi) is 2.48. The van der Waals surface area contributed by atoms with Crippen LogP contribution in [0.25, 0.3) is 22.5 Å². The monoisotopic (exact) mass is 240 g/mol. The van der Waals surface area contributed by atoms with Crippen LogP contribution in [0.4, 0.5) is 0 Å². The average molecular weight is 240 g/mol. The first kappa shape index (κ1) is 10.8. The summed E-state index contributed by atoms with van der Waals surface area (Å²) in [6.07, 6.45) is 2.20. The smallest absolute Gasteiger partial charge is 0.199 e. The number of aromatic hydroxyl groups is 1. The van der Waals surface area contributed by atoms with Crippen LogP contribution in [0.2, 0.25) is 0 Å². The van der Waals surface area contributed by atoms with Crippen molar-refractivity contribution in [3.8, 4) is 17.0 Å². The number of fused-ring (bicyclic) bond motifs is 1. The van der Waals surface area contributed by atoms with Crippen molar-refractivity contribution in [3.05, 3.63) is 42.3 Å². The molecule has 0 radical (unpaired) electrons. The SMILES string of the molecule is CCc1cccc(O)c1-c1ccc2ocnc2n1. The zero-order chi connectivity index (χ0) is 12.5. The summed E-state index contributed by atoms with van der Waals surface area (Å²) in [5.74, 6) is 0.240. The van der Waals surface area contributed by atoms with E-state index in [9.17, 15) is 5.11 Å². The Morgan fingerprint density at radius 2 is 2.11 bits per heavy atom. The lowest BCUT2D eigenvalue weighted by Crippen LogP contribution is -1.91. The normalized spacial score (nSPS) is 10.9. The van der Waals surface area contributed by atoms with Gasteiger partial charge in [-0.05, 0) is 30.2 Å². The predicted octanol–water partition coefficient (Wildman–Crippen LogP) is 3.16. The van der Waals surface area contributed by atoms with Gasteiger partial charge in [-0.15, -0.1) is 0 Å². The third-order valence-electron chi connectivity index (χ3n) is 2.96. The first-order chi connectivity index (χ1) is 8.79. The zero-order valence-electron chi connectivity index (χ0n) is 9.92. The van der Waals surface area contributed by atoms with Gasteiger partial charge in [0.2, 0.25) is 0 Å². The standard InChI is InChI=1S/C14H12N2O2/c1-2-9-4-3-5-11(17)13(9)10-6-7-12-14(16-10)15-8-18-12/h3-8,17H,2H2,1H3. The van der Waals surface area contributed by atoms with Crippen molar-refractivity contribution in [2.75, 3.05) is 0 Å². The van der Waals surface area contributed by atoms with Gasteiger partial charge in [0.1, 0.15) is 5.75 Å². The molecule has 90 valence electrons. The van der Waals surface area contributed by atoms with E-state index in [0.29, 0.717) is 16.9 Å². The molecule has 0 spiro atoms. The Morgan fingerprint density at radius 1 is 1.22 bits per heavy atom. The van der Waals surface area contributed by atoms with E-state index in [0.717, 1.165) is 17.5 Å². The Balaban J connectivity index is 2.24. The second-order valence-electron chi connectivity index (χ2n) is 4.04. The van der Waals surface area contributed by atoms with Crippen LogP contribution in [0.15, 0.2) is 41.1 Å². The molecule has 0 atom stereocenters. The Morgan fingerprint density at radius 3 is 2.94 bits per heavy atom. The summed E-state index contributed by atoms with van der Waals surface area (Å²) in [5, 5.41) is 10.0. The number of hydrogen-bond donors (Lipinski definition) is 1. The van der Waals surface area contributed by atoms with E-state index < -0.39 is 0 Å². The van der Waals surface area contributed by atoms with Gasteiger partial charge >= 0.3 is 0 Å². The van der Waals surface area contributed by atoms with Gasteiger partial charge in [-0.1, -0.05) is 19.1 Å². The third kappa shape index (κ3) is 1.62. The number of phenolic OH excluding ortho intramolecular Hbond substituents is 1. The highest BCUT2D eigenvalue weighted by Crippen LogP contribution is 2.32. The van der Waals surface area contributed by atoms with Gasteiger partial charge in [0.25, 0.3) is 0 Å². The van der Waals surface area contributed by atoms with Crippen molar-refractivity contribution < 1.29 is 9.52 Å². The minimum absolute atomic E-state index is 0.240. The van der Waals surface area contributed by atoms with Gasteiger partial charge in [0.05, 0.1) is 5.69 Å². The molecule has 4 nitrogen and oxygen atoms in total. The largest absolute Gasteiger partial charge is 0.507 e. The molecular formula is C14H12N2O2. The number of aryl methyl sites for hydroxylation is 1. The molecule has 2 heterocycles. The first-order valence-corrected chi connectivity index (χ1v) is 5.81. The maximum Gasteiger partial charge on any atom is 0.199 e. The maximum absolute atomic E-state index is 10.0. The summed E-state index contributed by atoms with van der Waals surface area (Å²) in [4.78, 5) is 8.44. The number of aromatic nitrogens is 2. The van der Waals surface area contributed by atoms with Crippen molar-refractivity contribution in [3.63, 3.8) is 0 Å². The van der Waals surface area contributed by atoms with Crippen molar-refractivity contribution >= 4 is 11.2 Å². The molecular weight excluding hydrogens is 228 g/mol. The lowest BCUT2D eigenvalue weighted by atomic mass is 10.0. The fourth-order valence-corrected chi connectivity index (χ4v) is 2.07. The van der Waals surface area contributed by atoms with Crippen LogP contribution < -0.4 is 0 Å². The molecule has 18 heavy (non-hydrogen) atoms. The molecule has 0 amide bonds. The molecule has 2 aromatic heterocycles. The van der Waals surface area contributed by atoms with Gasteiger partial charge in [-0.2, -0.15) is 4.98 Å². The molecule has 0 bridgehead atoms. The van der Waals surface area contributed by atoms with E-state index in [1.807, 2.05) is 31.2 Å². The Bertz CT molecular complexity index is 704. The van der Waals surface area contributed by atoms with Crippen LogP contribution in [-0.4, -0.2) is 15.1 Å². The summed E-state index contributed by atoms with van der Waals surface area (Å²) in [5.41, 5.74) is 3.74.